The van der Waals surface area contributed by atoms with E-state index in [4.69, 9.17) is 0 Å². The second-order valence-corrected chi connectivity index (χ2v) is 11.9. The molecule has 0 amide bonds. The standard InChI is InChI=1S/C27H30N2O5S/c1-18-21(26-23(29(18)17-25(31)32)15-27(2,3)16-24(26)30)14-19-10-8-9-13-22(19)28(4)35(33,34)20-11-6-5-7-12-20/h5-13H,14-17H2,1-4H3,(H,31,32). The van der Waals surface area contributed by atoms with Crippen LogP contribution < -0.4 is 4.31 Å². The first-order valence-corrected chi connectivity index (χ1v) is 12.9. The van der Waals surface area contributed by atoms with E-state index < -0.39 is 16.0 Å². The van der Waals surface area contributed by atoms with Crippen LogP contribution in [-0.2, 0) is 34.2 Å². The van der Waals surface area contributed by atoms with Gasteiger partial charge in [-0.3, -0.25) is 13.9 Å². The lowest BCUT2D eigenvalue weighted by Crippen LogP contribution is -2.29. The first-order valence-electron chi connectivity index (χ1n) is 11.5. The highest BCUT2D eigenvalue weighted by Gasteiger charge is 2.37. The molecule has 0 aliphatic heterocycles. The van der Waals surface area contributed by atoms with E-state index in [1.54, 1.807) is 47.0 Å². The lowest BCUT2D eigenvalue weighted by atomic mass is 9.75. The number of para-hydroxylation sites is 1. The number of ketones is 1. The van der Waals surface area contributed by atoms with Gasteiger partial charge in [-0.25, -0.2) is 8.42 Å². The third kappa shape index (κ3) is 4.62. The Labute approximate surface area is 206 Å². The number of aliphatic carboxylic acids is 1. The van der Waals surface area contributed by atoms with Crippen molar-refractivity contribution in [3.63, 3.8) is 0 Å². The average Bonchev–Trinajstić information content (AvgIpc) is 3.04. The van der Waals surface area contributed by atoms with Crippen molar-refractivity contribution in [3.05, 3.63) is 82.7 Å². The number of fused-ring (bicyclic) bond motifs is 1. The predicted molar refractivity (Wildman–Crippen MR) is 135 cm³/mol. The number of benzene rings is 2. The maximum absolute atomic E-state index is 13.3. The van der Waals surface area contributed by atoms with E-state index in [-0.39, 0.29) is 22.6 Å². The first-order chi connectivity index (χ1) is 16.4. The van der Waals surface area contributed by atoms with E-state index in [0.717, 1.165) is 22.5 Å². The van der Waals surface area contributed by atoms with E-state index in [0.29, 0.717) is 30.5 Å². The molecule has 1 aliphatic carbocycles. The number of carbonyl (C=O) groups excluding carboxylic acids is 1. The summed E-state index contributed by atoms with van der Waals surface area (Å²) < 4.78 is 29.6. The molecule has 0 saturated carbocycles. The SMILES string of the molecule is Cc1c(Cc2ccccc2N(C)S(=O)(=O)c2ccccc2)c2c(n1CC(=O)O)CC(C)(C)CC2=O. The van der Waals surface area contributed by atoms with Crippen molar-refractivity contribution in [1.29, 1.82) is 0 Å². The molecule has 8 heteroatoms. The summed E-state index contributed by atoms with van der Waals surface area (Å²) in [5.41, 5.74) is 3.83. The van der Waals surface area contributed by atoms with Gasteiger partial charge in [0.15, 0.2) is 5.78 Å². The van der Waals surface area contributed by atoms with E-state index >= 15 is 0 Å². The van der Waals surface area contributed by atoms with E-state index in [9.17, 15) is 23.1 Å². The number of hydrogen-bond donors (Lipinski definition) is 1. The number of sulfonamides is 1. The van der Waals surface area contributed by atoms with Crippen LogP contribution in [0.25, 0.3) is 0 Å². The molecular weight excluding hydrogens is 464 g/mol. The minimum Gasteiger partial charge on any atom is -0.480 e. The molecule has 4 rings (SSSR count). The fraction of sp³-hybridized carbons (Fsp3) is 0.333. The zero-order valence-corrected chi connectivity index (χ0v) is 21.2. The van der Waals surface area contributed by atoms with E-state index in [1.165, 1.54) is 11.4 Å². The van der Waals surface area contributed by atoms with Gasteiger partial charge in [-0.05, 0) is 48.1 Å². The van der Waals surface area contributed by atoms with E-state index in [1.807, 2.05) is 32.9 Å². The summed E-state index contributed by atoms with van der Waals surface area (Å²) in [6.07, 6.45) is 1.30. The molecule has 0 radical (unpaired) electrons. The molecule has 184 valence electrons. The topological polar surface area (TPSA) is 96.7 Å². The predicted octanol–water partition coefficient (Wildman–Crippen LogP) is 4.45. The monoisotopic (exact) mass is 494 g/mol. The van der Waals surface area contributed by atoms with Crippen LogP contribution in [-0.4, -0.2) is 36.9 Å². The minimum atomic E-state index is -3.79. The largest absolute Gasteiger partial charge is 0.480 e. The third-order valence-corrected chi connectivity index (χ3v) is 8.50. The Morgan fingerprint density at radius 3 is 2.34 bits per heavy atom. The number of carboxylic acids is 1. The summed E-state index contributed by atoms with van der Waals surface area (Å²) in [6, 6.07) is 15.5. The van der Waals surface area contributed by atoms with Crippen LogP contribution in [0.4, 0.5) is 5.69 Å². The van der Waals surface area contributed by atoms with Gasteiger partial charge in [0.2, 0.25) is 0 Å². The molecule has 0 unspecified atom stereocenters. The molecule has 2 aromatic carbocycles. The average molecular weight is 495 g/mol. The highest BCUT2D eigenvalue weighted by atomic mass is 32.2. The second kappa shape index (κ2) is 9.00. The Kier molecular flexibility index (Phi) is 6.36. The van der Waals surface area contributed by atoms with Gasteiger partial charge in [0, 0.05) is 36.8 Å². The summed E-state index contributed by atoms with van der Waals surface area (Å²) in [5.74, 6) is -0.969. The Morgan fingerprint density at radius 1 is 1.06 bits per heavy atom. The van der Waals surface area contributed by atoms with Crippen LogP contribution in [0.2, 0.25) is 0 Å². The number of carbonyl (C=O) groups is 2. The van der Waals surface area contributed by atoms with Crippen LogP contribution in [0.15, 0.2) is 59.5 Å². The molecule has 3 aromatic rings. The molecule has 0 atom stereocenters. The number of carboxylic acid groups (broad SMARTS) is 1. The van der Waals surface area contributed by atoms with Crippen LogP contribution in [0.3, 0.4) is 0 Å². The van der Waals surface area contributed by atoms with Crippen LogP contribution in [0.5, 0.6) is 0 Å². The van der Waals surface area contributed by atoms with Gasteiger partial charge in [0.25, 0.3) is 10.0 Å². The van der Waals surface area contributed by atoms with Gasteiger partial charge in [0.1, 0.15) is 6.54 Å². The quantitative estimate of drug-likeness (QED) is 0.523. The van der Waals surface area contributed by atoms with Crippen molar-refractivity contribution < 1.29 is 23.1 Å². The maximum Gasteiger partial charge on any atom is 0.323 e. The fourth-order valence-electron chi connectivity index (χ4n) is 5.01. The van der Waals surface area contributed by atoms with Gasteiger partial charge in [-0.1, -0.05) is 50.2 Å². The van der Waals surface area contributed by atoms with Gasteiger partial charge in [0.05, 0.1) is 10.6 Å². The molecule has 35 heavy (non-hydrogen) atoms. The molecule has 1 heterocycles. The summed E-state index contributed by atoms with van der Waals surface area (Å²) in [4.78, 5) is 25.1. The molecule has 0 saturated heterocycles. The van der Waals surface area contributed by atoms with Gasteiger partial charge in [-0.2, -0.15) is 0 Å². The van der Waals surface area contributed by atoms with Gasteiger partial charge in [-0.15, -0.1) is 0 Å². The molecule has 7 nitrogen and oxygen atoms in total. The van der Waals surface area contributed by atoms with Crippen LogP contribution in [0.1, 0.15) is 53.1 Å². The minimum absolute atomic E-state index is 0.00114. The van der Waals surface area contributed by atoms with Crippen molar-refractivity contribution in [1.82, 2.24) is 4.57 Å². The zero-order valence-electron chi connectivity index (χ0n) is 20.4. The molecule has 0 spiro atoms. The van der Waals surface area contributed by atoms with Gasteiger partial charge < -0.3 is 9.67 Å². The van der Waals surface area contributed by atoms with E-state index in [2.05, 4.69) is 0 Å². The number of hydrogen-bond acceptors (Lipinski definition) is 4. The van der Waals surface area contributed by atoms with Crippen molar-refractivity contribution in [3.8, 4) is 0 Å². The van der Waals surface area contributed by atoms with Crippen molar-refractivity contribution in [2.75, 3.05) is 11.4 Å². The van der Waals surface area contributed by atoms with Gasteiger partial charge >= 0.3 is 5.97 Å². The summed E-state index contributed by atoms with van der Waals surface area (Å²) >= 11 is 0. The Balaban J connectivity index is 1.81. The molecule has 0 fully saturated rings. The van der Waals surface area contributed by atoms with Crippen molar-refractivity contribution in [2.24, 2.45) is 5.41 Å². The fourth-order valence-corrected chi connectivity index (χ4v) is 6.27. The Bertz CT molecular complexity index is 1400. The second-order valence-electron chi connectivity index (χ2n) is 9.90. The molecule has 1 N–H and O–H groups in total. The number of Topliss-reactive ketones (excluding diaryl/α,β-unsaturated/α-hetero) is 1. The zero-order chi connectivity index (χ0) is 25.5. The highest BCUT2D eigenvalue weighted by molar-refractivity contribution is 7.92. The van der Waals surface area contributed by atoms with Crippen molar-refractivity contribution in [2.45, 2.75) is 51.5 Å². The number of nitrogens with zero attached hydrogens (tertiary/aromatic N) is 2. The summed E-state index contributed by atoms with van der Waals surface area (Å²) in [5, 5.41) is 9.52. The Hall–Kier alpha value is -3.39. The lowest BCUT2D eigenvalue weighted by Gasteiger charge is -2.30. The third-order valence-electron chi connectivity index (χ3n) is 6.71. The molecule has 0 bridgehead atoms. The summed E-state index contributed by atoms with van der Waals surface area (Å²) in [6.45, 7) is 5.64. The number of rotatable bonds is 7. The highest BCUT2D eigenvalue weighted by Crippen LogP contribution is 2.40. The maximum atomic E-state index is 13.3. The molecule has 1 aliphatic rings. The normalized spacial score (nSPS) is 15.0. The molecular formula is C27H30N2O5S. The summed E-state index contributed by atoms with van der Waals surface area (Å²) in [7, 11) is -2.27. The van der Waals surface area contributed by atoms with Crippen LogP contribution >= 0.6 is 0 Å². The lowest BCUT2D eigenvalue weighted by molar-refractivity contribution is -0.137. The number of aromatic nitrogens is 1. The first kappa shape index (κ1) is 24.7. The van der Waals surface area contributed by atoms with Crippen LogP contribution in [0, 0.1) is 12.3 Å². The number of anilines is 1. The smallest absolute Gasteiger partial charge is 0.323 e. The molecule has 1 aromatic heterocycles. The van der Waals surface area contributed by atoms with Crippen molar-refractivity contribution >= 4 is 27.5 Å². The Morgan fingerprint density at radius 2 is 1.69 bits per heavy atom.